The zero-order valence-electron chi connectivity index (χ0n) is 15.6. The molecule has 2 heterocycles. The average Bonchev–Trinajstić information content (AvgIpc) is 2.74. The number of hydrogen-bond acceptors (Lipinski definition) is 4. The summed E-state index contributed by atoms with van der Waals surface area (Å²) in [5, 5.41) is 3.01. The molecule has 2 aromatic rings. The summed E-state index contributed by atoms with van der Waals surface area (Å²) in [6.45, 7) is 3.39. The topological polar surface area (TPSA) is 50.8 Å². The molecule has 0 aromatic heterocycles. The van der Waals surface area contributed by atoms with Gasteiger partial charge in [0.1, 0.15) is 18.2 Å². The molecule has 1 amide bonds. The van der Waals surface area contributed by atoms with Crippen LogP contribution in [0.4, 0.5) is 4.39 Å². The predicted octanol–water partition coefficient (Wildman–Crippen LogP) is 2.79. The summed E-state index contributed by atoms with van der Waals surface area (Å²) in [6.07, 6.45) is 1.86. The van der Waals surface area contributed by atoms with Crippen LogP contribution in [-0.2, 0) is 9.53 Å². The highest BCUT2D eigenvalue weighted by Gasteiger charge is 2.25. The molecular formula is C22H23FN2O3. The molecule has 0 aliphatic carbocycles. The second-order valence-corrected chi connectivity index (χ2v) is 6.93. The Labute approximate surface area is 163 Å². The van der Waals surface area contributed by atoms with E-state index < -0.39 is 0 Å². The number of halogens is 1. The minimum Gasteiger partial charge on any atom is -0.488 e. The maximum absolute atomic E-state index is 13.8. The highest BCUT2D eigenvalue weighted by atomic mass is 19.1. The van der Waals surface area contributed by atoms with Gasteiger partial charge in [0.25, 0.3) is 5.91 Å². The Balaban J connectivity index is 1.48. The van der Waals surface area contributed by atoms with E-state index in [4.69, 9.17) is 9.47 Å². The van der Waals surface area contributed by atoms with Crippen LogP contribution in [0.3, 0.4) is 0 Å². The number of nitrogens with one attached hydrogen (secondary N) is 1. The van der Waals surface area contributed by atoms with Gasteiger partial charge in [0.15, 0.2) is 0 Å². The summed E-state index contributed by atoms with van der Waals surface area (Å²) in [4.78, 5) is 14.9. The molecule has 2 aliphatic heterocycles. The molecule has 2 aromatic carbocycles. The lowest BCUT2D eigenvalue weighted by molar-refractivity contribution is -0.118. The third-order valence-electron chi connectivity index (χ3n) is 5.10. The molecule has 2 aliphatic rings. The summed E-state index contributed by atoms with van der Waals surface area (Å²) in [5.74, 6) is 0.344. The van der Waals surface area contributed by atoms with Crippen LogP contribution in [-0.4, -0.2) is 50.3 Å². The Kier molecular flexibility index (Phi) is 5.69. The number of nitrogens with zero attached hydrogens (tertiary/aromatic N) is 1. The van der Waals surface area contributed by atoms with Gasteiger partial charge < -0.3 is 14.8 Å². The SMILES string of the molecule is O=C(NCC(c1cccc(F)c1)N1CCOCC1)C1=Cc2ccccc2OC1. The third kappa shape index (κ3) is 4.24. The summed E-state index contributed by atoms with van der Waals surface area (Å²) in [5.41, 5.74) is 2.33. The Morgan fingerprint density at radius 2 is 1.96 bits per heavy atom. The van der Waals surface area contributed by atoms with Crippen molar-refractivity contribution >= 4 is 12.0 Å². The van der Waals surface area contributed by atoms with Crippen LogP contribution in [0.5, 0.6) is 5.75 Å². The van der Waals surface area contributed by atoms with Crippen LogP contribution in [0.2, 0.25) is 0 Å². The summed E-state index contributed by atoms with van der Waals surface area (Å²) in [6, 6.07) is 14.1. The van der Waals surface area contributed by atoms with E-state index in [0.29, 0.717) is 25.3 Å². The van der Waals surface area contributed by atoms with Crippen LogP contribution in [0.15, 0.2) is 54.1 Å². The quantitative estimate of drug-likeness (QED) is 0.864. The Morgan fingerprint density at radius 3 is 2.79 bits per heavy atom. The lowest BCUT2D eigenvalue weighted by Crippen LogP contribution is -2.44. The van der Waals surface area contributed by atoms with Crippen molar-refractivity contribution in [2.24, 2.45) is 0 Å². The van der Waals surface area contributed by atoms with Crippen molar-refractivity contribution in [2.75, 3.05) is 39.5 Å². The fourth-order valence-corrected chi connectivity index (χ4v) is 3.61. The molecule has 5 nitrogen and oxygen atoms in total. The summed E-state index contributed by atoms with van der Waals surface area (Å²) in [7, 11) is 0. The minimum absolute atomic E-state index is 0.110. The number of rotatable bonds is 5. The zero-order valence-corrected chi connectivity index (χ0v) is 15.6. The molecule has 146 valence electrons. The minimum atomic E-state index is -0.276. The predicted molar refractivity (Wildman–Crippen MR) is 104 cm³/mol. The molecule has 1 fully saturated rings. The van der Waals surface area contributed by atoms with E-state index in [9.17, 15) is 9.18 Å². The number of fused-ring (bicyclic) bond motifs is 1. The summed E-state index contributed by atoms with van der Waals surface area (Å²) < 4.78 is 24.9. The average molecular weight is 382 g/mol. The van der Waals surface area contributed by atoms with Crippen molar-refractivity contribution in [3.8, 4) is 5.75 Å². The summed E-state index contributed by atoms with van der Waals surface area (Å²) >= 11 is 0. The number of carbonyl (C=O) groups is 1. The monoisotopic (exact) mass is 382 g/mol. The first-order valence-electron chi connectivity index (χ1n) is 9.48. The van der Waals surface area contributed by atoms with Gasteiger partial charge in [-0.3, -0.25) is 9.69 Å². The number of ether oxygens (including phenoxy) is 2. The first-order chi connectivity index (χ1) is 13.7. The van der Waals surface area contributed by atoms with Gasteiger partial charge in [-0.05, 0) is 29.8 Å². The fraction of sp³-hybridized carbons (Fsp3) is 0.318. The van der Waals surface area contributed by atoms with Gasteiger partial charge in [0, 0.05) is 25.2 Å². The van der Waals surface area contributed by atoms with E-state index in [0.717, 1.165) is 30.0 Å². The van der Waals surface area contributed by atoms with Crippen molar-refractivity contribution in [1.82, 2.24) is 10.2 Å². The maximum atomic E-state index is 13.8. The lowest BCUT2D eigenvalue weighted by Gasteiger charge is -2.35. The molecule has 0 bridgehead atoms. The maximum Gasteiger partial charge on any atom is 0.250 e. The number of morpholine rings is 1. The Bertz CT molecular complexity index is 878. The van der Waals surface area contributed by atoms with E-state index in [1.165, 1.54) is 12.1 Å². The third-order valence-corrected chi connectivity index (χ3v) is 5.10. The number of para-hydroxylation sites is 1. The molecule has 1 saturated heterocycles. The second-order valence-electron chi connectivity index (χ2n) is 6.93. The largest absolute Gasteiger partial charge is 0.488 e. The molecule has 6 heteroatoms. The van der Waals surface area contributed by atoms with Gasteiger partial charge in [0.2, 0.25) is 0 Å². The smallest absolute Gasteiger partial charge is 0.250 e. The molecule has 1 N–H and O–H groups in total. The molecule has 0 radical (unpaired) electrons. The van der Waals surface area contributed by atoms with Crippen molar-refractivity contribution in [3.63, 3.8) is 0 Å². The van der Waals surface area contributed by atoms with Crippen LogP contribution in [0, 0.1) is 5.82 Å². The number of amides is 1. The number of benzene rings is 2. The Hall–Kier alpha value is -2.70. The van der Waals surface area contributed by atoms with Gasteiger partial charge >= 0.3 is 0 Å². The number of carbonyl (C=O) groups excluding carboxylic acids is 1. The molecule has 1 atom stereocenters. The second kappa shape index (κ2) is 8.54. The van der Waals surface area contributed by atoms with E-state index in [1.54, 1.807) is 6.07 Å². The van der Waals surface area contributed by atoms with E-state index in [-0.39, 0.29) is 24.4 Å². The first-order valence-corrected chi connectivity index (χ1v) is 9.48. The fourth-order valence-electron chi connectivity index (χ4n) is 3.61. The van der Waals surface area contributed by atoms with Gasteiger partial charge in [-0.25, -0.2) is 4.39 Å². The van der Waals surface area contributed by atoms with Gasteiger partial charge in [-0.2, -0.15) is 0 Å². The Morgan fingerprint density at radius 1 is 1.14 bits per heavy atom. The molecule has 4 rings (SSSR count). The lowest BCUT2D eigenvalue weighted by atomic mass is 10.0. The normalized spacial score (nSPS) is 17.8. The van der Waals surface area contributed by atoms with Gasteiger partial charge in [-0.1, -0.05) is 30.3 Å². The van der Waals surface area contributed by atoms with Crippen molar-refractivity contribution in [1.29, 1.82) is 0 Å². The van der Waals surface area contributed by atoms with Gasteiger partial charge in [-0.15, -0.1) is 0 Å². The molecule has 0 spiro atoms. The van der Waals surface area contributed by atoms with Crippen molar-refractivity contribution < 1.29 is 18.7 Å². The van der Waals surface area contributed by atoms with Crippen molar-refractivity contribution in [3.05, 3.63) is 71.0 Å². The first kappa shape index (κ1) is 18.7. The highest BCUT2D eigenvalue weighted by Crippen LogP contribution is 2.26. The molecule has 0 saturated carbocycles. The molecular weight excluding hydrogens is 359 g/mol. The highest BCUT2D eigenvalue weighted by molar-refractivity contribution is 5.99. The standard InChI is InChI=1S/C22H23FN2O3/c23-19-6-3-5-16(13-19)20(25-8-10-27-11-9-25)14-24-22(26)18-12-17-4-1-2-7-21(17)28-15-18/h1-7,12-13,20H,8-11,14-15H2,(H,24,26). The van der Waals surface area contributed by atoms with Crippen LogP contribution < -0.4 is 10.1 Å². The van der Waals surface area contributed by atoms with E-state index in [2.05, 4.69) is 10.2 Å². The zero-order chi connectivity index (χ0) is 19.3. The molecule has 1 unspecified atom stereocenters. The van der Waals surface area contributed by atoms with Crippen LogP contribution in [0.1, 0.15) is 17.2 Å². The van der Waals surface area contributed by atoms with Crippen LogP contribution in [0.25, 0.3) is 6.08 Å². The number of hydrogen-bond donors (Lipinski definition) is 1. The van der Waals surface area contributed by atoms with Crippen molar-refractivity contribution in [2.45, 2.75) is 6.04 Å². The van der Waals surface area contributed by atoms with E-state index in [1.807, 2.05) is 36.4 Å². The van der Waals surface area contributed by atoms with Gasteiger partial charge in [0.05, 0.1) is 24.8 Å². The van der Waals surface area contributed by atoms with E-state index >= 15 is 0 Å². The molecule has 28 heavy (non-hydrogen) atoms. The van der Waals surface area contributed by atoms with Crippen LogP contribution >= 0.6 is 0 Å².